The summed E-state index contributed by atoms with van der Waals surface area (Å²) in [6.45, 7) is 6.50. The van der Waals surface area contributed by atoms with E-state index in [1.807, 2.05) is 20.8 Å². The molecule has 3 N–H and O–H groups in total. The Bertz CT molecular complexity index is 410. The molecule has 0 bridgehead atoms. The van der Waals surface area contributed by atoms with Crippen LogP contribution in [0.4, 0.5) is 0 Å². The van der Waals surface area contributed by atoms with Gasteiger partial charge in [0.15, 0.2) is 0 Å². The van der Waals surface area contributed by atoms with Gasteiger partial charge in [-0.2, -0.15) is 0 Å². The quantitative estimate of drug-likeness (QED) is 0.744. The molecule has 1 atom stereocenters. The van der Waals surface area contributed by atoms with Crippen LogP contribution < -0.4 is 5.32 Å². The van der Waals surface area contributed by atoms with E-state index in [2.05, 4.69) is 5.32 Å². The number of carboxylic acids is 1. The van der Waals surface area contributed by atoms with Crippen LogP contribution >= 0.6 is 0 Å². The van der Waals surface area contributed by atoms with E-state index in [-0.39, 0.29) is 11.1 Å². The number of rotatable bonds is 5. The number of carbonyl (C=O) groups is 1. The first-order valence-electron chi connectivity index (χ1n) is 6.04. The maximum absolute atomic E-state index is 11.0. The van der Waals surface area contributed by atoms with Gasteiger partial charge in [-0.1, -0.05) is 18.2 Å². The molecule has 100 valence electrons. The molecule has 0 saturated heterocycles. The van der Waals surface area contributed by atoms with Gasteiger partial charge in [-0.05, 0) is 32.4 Å². The normalized spacial score (nSPS) is 13.3. The highest BCUT2D eigenvalue weighted by Gasteiger charge is 2.15. The van der Waals surface area contributed by atoms with Gasteiger partial charge in [0.25, 0.3) is 0 Å². The fourth-order valence-electron chi connectivity index (χ4n) is 1.66. The largest absolute Gasteiger partial charge is 0.478 e. The van der Waals surface area contributed by atoms with E-state index >= 15 is 0 Å². The first-order valence-corrected chi connectivity index (χ1v) is 6.04. The van der Waals surface area contributed by atoms with E-state index in [9.17, 15) is 9.90 Å². The SMILES string of the molecule is CC(C)(C)NCC(O)Cc1ccccc1C(=O)O. The molecule has 4 heteroatoms. The molecule has 0 heterocycles. The van der Waals surface area contributed by atoms with Gasteiger partial charge < -0.3 is 15.5 Å². The van der Waals surface area contributed by atoms with Crippen molar-refractivity contribution in [1.29, 1.82) is 0 Å². The van der Waals surface area contributed by atoms with E-state index in [1.54, 1.807) is 24.3 Å². The van der Waals surface area contributed by atoms with Gasteiger partial charge in [-0.15, -0.1) is 0 Å². The molecule has 0 spiro atoms. The summed E-state index contributed by atoms with van der Waals surface area (Å²) in [7, 11) is 0. The number of benzene rings is 1. The minimum atomic E-state index is -0.957. The number of aliphatic hydroxyl groups is 1. The topological polar surface area (TPSA) is 69.6 Å². The van der Waals surface area contributed by atoms with Gasteiger partial charge in [-0.25, -0.2) is 4.79 Å². The number of β-amino-alcohol motifs (C(OH)–C–C–N with tert-alkyl or cyclic N) is 1. The summed E-state index contributed by atoms with van der Waals surface area (Å²) < 4.78 is 0. The zero-order valence-corrected chi connectivity index (χ0v) is 11.1. The minimum absolute atomic E-state index is 0.0622. The third kappa shape index (κ3) is 4.85. The monoisotopic (exact) mass is 251 g/mol. The lowest BCUT2D eigenvalue weighted by atomic mass is 10.0. The summed E-state index contributed by atoms with van der Waals surface area (Å²) in [6.07, 6.45) is -0.254. The predicted molar refractivity (Wildman–Crippen MR) is 70.9 cm³/mol. The van der Waals surface area contributed by atoms with Crippen molar-refractivity contribution in [2.24, 2.45) is 0 Å². The fourth-order valence-corrected chi connectivity index (χ4v) is 1.66. The minimum Gasteiger partial charge on any atom is -0.478 e. The van der Waals surface area contributed by atoms with E-state index in [0.29, 0.717) is 18.5 Å². The zero-order chi connectivity index (χ0) is 13.8. The van der Waals surface area contributed by atoms with Gasteiger partial charge in [0, 0.05) is 18.5 Å². The molecule has 0 aliphatic carbocycles. The summed E-state index contributed by atoms with van der Waals surface area (Å²) >= 11 is 0. The molecule has 1 unspecified atom stereocenters. The van der Waals surface area contributed by atoms with Gasteiger partial charge in [0.1, 0.15) is 0 Å². The standard InChI is InChI=1S/C14H21NO3/c1-14(2,3)15-9-11(16)8-10-6-4-5-7-12(10)13(17)18/h4-7,11,15-16H,8-9H2,1-3H3,(H,17,18). The van der Waals surface area contributed by atoms with Gasteiger partial charge >= 0.3 is 5.97 Å². The summed E-state index contributed by atoms with van der Waals surface area (Å²) in [5, 5.41) is 22.2. The maximum Gasteiger partial charge on any atom is 0.335 e. The van der Waals surface area contributed by atoms with Crippen molar-refractivity contribution in [2.45, 2.75) is 38.8 Å². The van der Waals surface area contributed by atoms with Crippen LogP contribution in [0, 0.1) is 0 Å². The van der Waals surface area contributed by atoms with Crippen molar-refractivity contribution >= 4 is 5.97 Å². The lowest BCUT2D eigenvalue weighted by molar-refractivity contribution is 0.0694. The lowest BCUT2D eigenvalue weighted by Crippen LogP contribution is -2.41. The van der Waals surface area contributed by atoms with Crippen molar-refractivity contribution < 1.29 is 15.0 Å². The van der Waals surface area contributed by atoms with Crippen molar-refractivity contribution in [1.82, 2.24) is 5.32 Å². The van der Waals surface area contributed by atoms with Crippen LogP contribution in [-0.2, 0) is 6.42 Å². The number of hydrogen-bond donors (Lipinski definition) is 3. The Balaban J connectivity index is 2.64. The molecule has 1 aromatic carbocycles. The summed E-state index contributed by atoms with van der Waals surface area (Å²) in [5.74, 6) is -0.957. The molecular weight excluding hydrogens is 230 g/mol. The Morgan fingerprint density at radius 1 is 1.33 bits per heavy atom. The van der Waals surface area contributed by atoms with Gasteiger partial charge in [0.2, 0.25) is 0 Å². The first kappa shape index (κ1) is 14.7. The van der Waals surface area contributed by atoms with Crippen molar-refractivity contribution in [3.8, 4) is 0 Å². The van der Waals surface area contributed by atoms with Crippen LogP contribution in [0.2, 0.25) is 0 Å². The molecule has 0 aliphatic rings. The third-order valence-electron chi connectivity index (χ3n) is 2.57. The second-order valence-electron chi connectivity index (χ2n) is 5.45. The molecule has 1 aromatic rings. The molecule has 0 saturated carbocycles. The van der Waals surface area contributed by atoms with Crippen LogP contribution in [-0.4, -0.2) is 34.4 Å². The fraction of sp³-hybridized carbons (Fsp3) is 0.500. The lowest BCUT2D eigenvalue weighted by Gasteiger charge is -2.23. The Hall–Kier alpha value is -1.39. The zero-order valence-electron chi connectivity index (χ0n) is 11.1. The maximum atomic E-state index is 11.0. The number of hydrogen-bond acceptors (Lipinski definition) is 3. The van der Waals surface area contributed by atoms with Gasteiger partial charge in [0.05, 0.1) is 11.7 Å². The molecule has 0 aliphatic heterocycles. The first-order chi connectivity index (χ1) is 8.29. The molecule has 1 rings (SSSR count). The van der Waals surface area contributed by atoms with E-state index in [4.69, 9.17) is 5.11 Å². The van der Waals surface area contributed by atoms with E-state index in [0.717, 1.165) is 0 Å². The number of aliphatic hydroxyl groups excluding tert-OH is 1. The second kappa shape index (κ2) is 5.98. The number of aromatic carboxylic acids is 1. The molecule has 4 nitrogen and oxygen atoms in total. The Kier molecular flexibility index (Phi) is 4.87. The third-order valence-corrected chi connectivity index (χ3v) is 2.57. The highest BCUT2D eigenvalue weighted by Crippen LogP contribution is 2.11. The summed E-state index contributed by atoms with van der Waals surface area (Å²) in [4.78, 5) is 11.0. The Morgan fingerprint density at radius 2 is 1.94 bits per heavy atom. The van der Waals surface area contributed by atoms with E-state index < -0.39 is 12.1 Å². The smallest absolute Gasteiger partial charge is 0.335 e. The highest BCUT2D eigenvalue weighted by molar-refractivity contribution is 5.89. The number of nitrogens with one attached hydrogen (secondary N) is 1. The molecule has 0 fully saturated rings. The van der Waals surface area contributed by atoms with Crippen LogP contribution in [0.1, 0.15) is 36.7 Å². The van der Waals surface area contributed by atoms with E-state index in [1.165, 1.54) is 0 Å². The van der Waals surface area contributed by atoms with Gasteiger partial charge in [-0.3, -0.25) is 0 Å². The Morgan fingerprint density at radius 3 is 2.50 bits per heavy atom. The molecule has 0 amide bonds. The average molecular weight is 251 g/mol. The summed E-state index contributed by atoms with van der Waals surface area (Å²) in [5.41, 5.74) is 0.855. The van der Waals surface area contributed by atoms with Crippen LogP contribution in [0.25, 0.3) is 0 Å². The molecular formula is C14H21NO3. The second-order valence-corrected chi connectivity index (χ2v) is 5.45. The van der Waals surface area contributed by atoms with Crippen LogP contribution in [0.5, 0.6) is 0 Å². The average Bonchev–Trinajstić information content (AvgIpc) is 2.26. The number of carboxylic acid groups (broad SMARTS) is 1. The predicted octanol–water partition coefficient (Wildman–Crippen LogP) is 1.68. The van der Waals surface area contributed by atoms with Crippen molar-refractivity contribution in [3.05, 3.63) is 35.4 Å². The molecule has 18 heavy (non-hydrogen) atoms. The summed E-state index contributed by atoms with van der Waals surface area (Å²) in [6, 6.07) is 6.77. The highest BCUT2D eigenvalue weighted by atomic mass is 16.4. The molecule has 0 aromatic heterocycles. The Labute approximate surface area is 108 Å². The molecule has 0 radical (unpaired) electrons. The van der Waals surface area contributed by atoms with Crippen LogP contribution in [0.15, 0.2) is 24.3 Å². The van der Waals surface area contributed by atoms with Crippen molar-refractivity contribution in [2.75, 3.05) is 6.54 Å². The van der Waals surface area contributed by atoms with Crippen molar-refractivity contribution in [3.63, 3.8) is 0 Å². The van der Waals surface area contributed by atoms with Crippen LogP contribution in [0.3, 0.4) is 0 Å².